The molecule has 8 nitrogen and oxygen atoms in total. The SMILES string of the molecule is N#CC1=C(N)Nc2nc(SCc3cccc(F)c3)[nH]c(=O)c2C12C(=O)N(Cc1ccccc1Cl)c1ccccc12. The van der Waals surface area contributed by atoms with Gasteiger partial charge < -0.3 is 20.9 Å². The number of benzene rings is 3. The average Bonchev–Trinajstić information content (AvgIpc) is 3.16. The maximum atomic E-state index is 14.5. The van der Waals surface area contributed by atoms with Crippen molar-refractivity contribution in [2.75, 3.05) is 10.2 Å². The first-order chi connectivity index (χ1) is 19.3. The topological polar surface area (TPSA) is 128 Å². The van der Waals surface area contributed by atoms with Crippen LogP contribution >= 0.6 is 23.4 Å². The Bertz CT molecular complexity index is 1830. The summed E-state index contributed by atoms with van der Waals surface area (Å²) in [5.74, 6) is -0.535. The number of amides is 1. The Morgan fingerprint density at radius 3 is 2.65 bits per heavy atom. The number of rotatable bonds is 5. The first-order valence-electron chi connectivity index (χ1n) is 12.2. The molecule has 0 aliphatic carbocycles. The molecule has 2 aliphatic rings. The highest BCUT2D eigenvalue weighted by Crippen LogP contribution is 2.53. The van der Waals surface area contributed by atoms with Crippen LogP contribution in [0.25, 0.3) is 0 Å². The van der Waals surface area contributed by atoms with Crippen LogP contribution < -0.4 is 21.5 Å². The second kappa shape index (κ2) is 9.86. The number of carbonyl (C=O) groups is 1. The van der Waals surface area contributed by atoms with E-state index in [1.807, 2.05) is 12.1 Å². The number of aromatic nitrogens is 2. The molecule has 2 aliphatic heterocycles. The van der Waals surface area contributed by atoms with Crippen LogP contribution in [-0.4, -0.2) is 15.9 Å². The number of nitrogens with two attached hydrogens (primary N) is 1. The normalized spacial score (nSPS) is 17.4. The number of nitrogens with zero attached hydrogens (tertiary/aromatic N) is 3. The molecule has 6 rings (SSSR count). The van der Waals surface area contributed by atoms with E-state index < -0.39 is 16.9 Å². The van der Waals surface area contributed by atoms with Gasteiger partial charge in [0.05, 0.1) is 17.7 Å². The fourth-order valence-corrected chi connectivity index (χ4v) is 6.29. The highest BCUT2D eigenvalue weighted by atomic mass is 35.5. The van der Waals surface area contributed by atoms with Crippen molar-refractivity contribution < 1.29 is 9.18 Å². The summed E-state index contributed by atoms with van der Waals surface area (Å²) in [6.07, 6.45) is 0. The highest BCUT2D eigenvalue weighted by Gasteiger charge is 2.60. The maximum Gasteiger partial charge on any atom is 0.258 e. The lowest BCUT2D eigenvalue weighted by Gasteiger charge is -2.34. The largest absolute Gasteiger partial charge is 0.384 e. The molecular formula is C29H20ClFN6O2S. The molecule has 0 bridgehead atoms. The lowest BCUT2D eigenvalue weighted by Crippen LogP contribution is -2.49. The van der Waals surface area contributed by atoms with Crippen LogP contribution in [0.15, 0.2) is 94.1 Å². The van der Waals surface area contributed by atoms with Crippen LogP contribution in [0, 0.1) is 17.1 Å². The molecule has 1 unspecified atom stereocenters. The van der Waals surface area contributed by atoms with Crippen molar-refractivity contribution in [3.8, 4) is 6.07 Å². The third kappa shape index (κ3) is 3.94. The Morgan fingerprint density at radius 1 is 1.10 bits per heavy atom. The minimum Gasteiger partial charge on any atom is -0.384 e. The molecule has 3 heterocycles. The van der Waals surface area contributed by atoms with Gasteiger partial charge in [0.1, 0.15) is 28.9 Å². The van der Waals surface area contributed by atoms with E-state index >= 15 is 0 Å². The van der Waals surface area contributed by atoms with Crippen molar-refractivity contribution in [2.24, 2.45) is 5.73 Å². The summed E-state index contributed by atoms with van der Waals surface area (Å²) >= 11 is 7.62. The number of H-pyrrole nitrogens is 1. The second-order valence-corrected chi connectivity index (χ2v) is 10.7. The van der Waals surface area contributed by atoms with Gasteiger partial charge in [0, 0.05) is 22.0 Å². The maximum absolute atomic E-state index is 14.5. The molecule has 1 amide bonds. The molecule has 3 aromatic carbocycles. The number of hydrogen-bond donors (Lipinski definition) is 3. The predicted molar refractivity (Wildman–Crippen MR) is 151 cm³/mol. The number of aromatic amines is 1. The summed E-state index contributed by atoms with van der Waals surface area (Å²) in [7, 11) is 0. The summed E-state index contributed by atoms with van der Waals surface area (Å²) < 4.78 is 13.6. The number of nitriles is 1. The first kappa shape index (κ1) is 25.7. The summed E-state index contributed by atoms with van der Waals surface area (Å²) in [5.41, 5.74) is 6.19. The van der Waals surface area contributed by atoms with Crippen LogP contribution in [0.5, 0.6) is 0 Å². The Balaban J connectivity index is 1.50. The van der Waals surface area contributed by atoms with E-state index in [2.05, 4.69) is 21.4 Å². The van der Waals surface area contributed by atoms with E-state index in [4.69, 9.17) is 17.3 Å². The van der Waals surface area contributed by atoms with Crippen molar-refractivity contribution in [3.05, 3.63) is 128 Å². The number of para-hydroxylation sites is 1. The third-order valence-electron chi connectivity index (χ3n) is 7.00. The fourth-order valence-electron chi connectivity index (χ4n) is 5.29. The fraction of sp³-hybridized carbons (Fsp3) is 0.103. The lowest BCUT2D eigenvalue weighted by molar-refractivity contribution is -0.120. The van der Waals surface area contributed by atoms with Gasteiger partial charge in [0.2, 0.25) is 5.91 Å². The van der Waals surface area contributed by atoms with Gasteiger partial charge in [-0.15, -0.1) is 0 Å². The molecule has 0 fully saturated rings. The van der Waals surface area contributed by atoms with E-state index in [1.165, 1.54) is 28.8 Å². The number of thioether (sulfide) groups is 1. The zero-order valence-electron chi connectivity index (χ0n) is 20.7. The monoisotopic (exact) mass is 570 g/mol. The quantitative estimate of drug-likeness (QED) is 0.232. The molecule has 4 N–H and O–H groups in total. The Hall–Kier alpha value is -4.59. The van der Waals surface area contributed by atoms with E-state index in [0.717, 1.165) is 0 Å². The van der Waals surface area contributed by atoms with E-state index in [9.17, 15) is 19.2 Å². The number of hydrogen-bond acceptors (Lipinski definition) is 7. The number of fused-ring (bicyclic) bond motifs is 4. The van der Waals surface area contributed by atoms with Gasteiger partial charge in [-0.25, -0.2) is 9.37 Å². The van der Waals surface area contributed by atoms with Crippen molar-refractivity contribution in [1.82, 2.24) is 9.97 Å². The van der Waals surface area contributed by atoms with Crippen molar-refractivity contribution in [1.29, 1.82) is 5.26 Å². The summed E-state index contributed by atoms with van der Waals surface area (Å²) in [5, 5.41) is 13.9. The number of nitrogens with one attached hydrogen (secondary N) is 2. The minimum absolute atomic E-state index is 0.0209. The molecule has 11 heteroatoms. The first-order valence-corrected chi connectivity index (χ1v) is 13.5. The Kier molecular flexibility index (Phi) is 6.33. The van der Waals surface area contributed by atoms with Gasteiger partial charge in [0.25, 0.3) is 5.56 Å². The lowest BCUT2D eigenvalue weighted by atomic mass is 9.69. The molecular weight excluding hydrogens is 551 g/mol. The second-order valence-electron chi connectivity index (χ2n) is 9.29. The molecule has 0 saturated heterocycles. The summed E-state index contributed by atoms with van der Waals surface area (Å²) in [4.78, 5) is 37.1. The third-order valence-corrected chi connectivity index (χ3v) is 8.31. The molecule has 40 heavy (non-hydrogen) atoms. The Morgan fingerprint density at radius 2 is 1.88 bits per heavy atom. The van der Waals surface area contributed by atoms with Gasteiger partial charge in [-0.2, -0.15) is 5.26 Å². The van der Waals surface area contributed by atoms with Gasteiger partial charge in [0.15, 0.2) is 5.16 Å². The van der Waals surface area contributed by atoms with Crippen LogP contribution in [-0.2, 0) is 22.5 Å². The number of carbonyl (C=O) groups excluding carboxylic acids is 1. The molecule has 0 radical (unpaired) electrons. The van der Waals surface area contributed by atoms with Crippen LogP contribution in [0.4, 0.5) is 15.9 Å². The molecule has 198 valence electrons. The van der Waals surface area contributed by atoms with Gasteiger partial charge >= 0.3 is 0 Å². The predicted octanol–water partition coefficient (Wildman–Crippen LogP) is 4.81. The van der Waals surface area contributed by atoms with Gasteiger partial charge in [-0.05, 0) is 35.4 Å². The van der Waals surface area contributed by atoms with Crippen molar-refractivity contribution >= 4 is 40.8 Å². The summed E-state index contributed by atoms with van der Waals surface area (Å²) in [6.45, 7) is 0.117. The number of halogens is 2. The molecule has 1 atom stereocenters. The van der Waals surface area contributed by atoms with E-state index in [1.54, 1.807) is 48.5 Å². The van der Waals surface area contributed by atoms with E-state index in [-0.39, 0.29) is 40.3 Å². The van der Waals surface area contributed by atoms with Crippen LogP contribution in [0.2, 0.25) is 5.02 Å². The molecule has 1 spiro atoms. The molecule has 0 saturated carbocycles. The number of anilines is 2. The van der Waals surface area contributed by atoms with Crippen LogP contribution in [0.1, 0.15) is 22.3 Å². The van der Waals surface area contributed by atoms with Gasteiger partial charge in [-0.3, -0.25) is 9.59 Å². The average molecular weight is 571 g/mol. The van der Waals surface area contributed by atoms with Crippen molar-refractivity contribution in [2.45, 2.75) is 22.9 Å². The highest BCUT2D eigenvalue weighted by molar-refractivity contribution is 7.98. The molecule has 4 aromatic rings. The van der Waals surface area contributed by atoms with Gasteiger partial charge in [-0.1, -0.05) is 71.9 Å². The smallest absolute Gasteiger partial charge is 0.258 e. The minimum atomic E-state index is -1.82. The van der Waals surface area contributed by atoms with Crippen molar-refractivity contribution in [3.63, 3.8) is 0 Å². The Labute approximate surface area is 237 Å². The van der Waals surface area contributed by atoms with Crippen LogP contribution in [0.3, 0.4) is 0 Å². The van der Waals surface area contributed by atoms with E-state index in [0.29, 0.717) is 33.2 Å². The standard InChI is InChI=1S/C29H20ClFN6O2S/c30-21-10-3-1-7-17(21)14-37-22-11-4-2-9-19(22)29(27(37)39)20(13-32)24(33)34-25-23(29)26(38)36-28(35-25)40-15-16-6-5-8-18(31)12-16/h1-12H,14-15,33H2,(H2,34,35,36,38). The summed E-state index contributed by atoms with van der Waals surface area (Å²) in [6, 6.07) is 22.4. The zero-order valence-corrected chi connectivity index (χ0v) is 22.3. The molecule has 1 aromatic heterocycles. The zero-order chi connectivity index (χ0) is 28.0.